The van der Waals surface area contributed by atoms with Gasteiger partial charge in [-0.3, -0.25) is 0 Å². The monoisotopic (exact) mass is 255 g/mol. The molecule has 1 atom stereocenters. The first-order valence-electron chi connectivity index (χ1n) is 5.59. The van der Waals surface area contributed by atoms with E-state index in [1.54, 1.807) is 21.3 Å². The van der Waals surface area contributed by atoms with Gasteiger partial charge in [-0.1, -0.05) is 0 Å². The Morgan fingerprint density at radius 3 is 1.93 bits per heavy atom. The Hall–Kier alpha value is 0.554. The molecule has 1 unspecified atom stereocenters. The van der Waals surface area contributed by atoms with E-state index in [0.29, 0.717) is 0 Å². The molecule has 0 radical (unpaired) electrons. The molecule has 5 heteroatoms. The molecule has 4 nitrogen and oxygen atoms in total. The van der Waals surface area contributed by atoms with Crippen molar-refractivity contribution >= 4 is 0 Å². The van der Waals surface area contributed by atoms with Crippen molar-refractivity contribution < 1.29 is 27.7 Å². The molecule has 0 saturated heterocycles. The first-order chi connectivity index (χ1) is 7.20. The van der Waals surface area contributed by atoms with Crippen LogP contribution in [0, 0.1) is 0 Å². The van der Waals surface area contributed by atoms with Gasteiger partial charge in [0.25, 0.3) is 0 Å². The van der Waals surface area contributed by atoms with Crippen LogP contribution in [0.3, 0.4) is 0 Å². The zero-order valence-corrected chi connectivity index (χ0v) is 12.2. The predicted molar refractivity (Wildman–Crippen MR) is 58.0 cm³/mol. The minimum atomic E-state index is -3.05. The second-order valence-electron chi connectivity index (χ2n) is 3.48. The Labute approximate surface area is 98.5 Å². The maximum atomic E-state index is 5.50. The van der Waals surface area contributed by atoms with Crippen molar-refractivity contribution in [1.29, 1.82) is 0 Å². The zero-order chi connectivity index (χ0) is 11.7. The summed E-state index contributed by atoms with van der Waals surface area (Å²) in [5.41, 5.74) is 0. The van der Waals surface area contributed by atoms with E-state index in [-0.39, 0.29) is 4.35 Å². The molecule has 0 aliphatic carbocycles. The molecule has 0 aromatic rings. The van der Waals surface area contributed by atoms with Crippen LogP contribution >= 0.6 is 0 Å². The molecule has 0 fully saturated rings. The van der Waals surface area contributed by atoms with Crippen molar-refractivity contribution in [2.75, 3.05) is 27.9 Å². The molecule has 0 saturated carbocycles. The zero-order valence-electron chi connectivity index (χ0n) is 10.6. The van der Waals surface area contributed by atoms with Crippen LogP contribution in [0.15, 0.2) is 0 Å². The summed E-state index contributed by atoms with van der Waals surface area (Å²) in [5, 5.41) is 3.47. The molecule has 0 heterocycles. The van der Waals surface area contributed by atoms with E-state index in [1.807, 2.05) is 0 Å². The minimum absolute atomic E-state index is 0.233. The summed E-state index contributed by atoms with van der Waals surface area (Å²) in [6, 6.07) is 0. The van der Waals surface area contributed by atoms with Gasteiger partial charge in [0.2, 0.25) is 0 Å². The SMILES string of the molecule is CCCCN[CH](CC)[Ti]([O]C)([O]C)[O]C. The van der Waals surface area contributed by atoms with Crippen LogP contribution in [0.4, 0.5) is 0 Å². The Balaban J connectivity index is 4.31. The molecule has 1 N–H and O–H groups in total. The number of unbranched alkanes of at least 4 members (excludes halogenated alkanes) is 1. The third-order valence-electron chi connectivity index (χ3n) is 2.61. The number of hydrogen-bond acceptors (Lipinski definition) is 4. The van der Waals surface area contributed by atoms with E-state index in [4.69, 9.17) is 9.96 Å². The topological polar surface area (TPSA) is 39.7 Å². The van der Waals surface area contributed by atoms with Crippen LogP contribution < -0.4 is 5.32 Å². The molecule has 0 aromatic heterocycles. The van der Waals surface area contributed by atoms with Gasteiger partial charge < -0.3 is 0 Å². The molecule has 0 bridgehead atoms. The number of nitrogens with one attached hydrogen (secondary N) is 1. The second-order valence-corrected chi connectivity index (χ2v) is 8.37. The Kier molecular flexibility index (Phi) is 9.00. The van der Waals surface area contributed by atoms with Gasteiger partial charge in [-0.25, -0.2) is 0 Å². The van der Waals surface area contributed by atoms with Crippen molar-refractivity contribution in [2.24, 2.45) is 0 Å². The average molecular weight is 255 g/mol. The first-order valence-corrected chi connectivity index (χ1v) is 8.40. The summed E-state index contributed by atoms with van der Waals surface area (Å²) in [5.74, 6) is 0. The van der Waals surface area contributed by atoms with Gasteiger partial charge in [-0.2, -0.15) is 0 Å². The molecular weight excluding hydrogens is 230 g/mol. The van der Waals surface area contributed by atoms with Crippen molar-refractivity contribution in [3.05, 3.63) is 0 Å². The molecule has 0 spiro atoms. The number of hydrogen-bond donors (Lipinski definition) is 1. The second kappa shape index (κ2) is 8.68. The fraction of sp³-hybridized carbons (Fsp3) is 1.00. The molecule has 0 amide bonds. The Bertz CT molecular complexity index is 145. The summed E-state index contributed by atoms with van der Waals surface area (Å²) in [6.07, 6.45) is 3.33. The van der Waals surface area contributed by atoms with E-state index in [2.05, 4.69) is 19.2 Å². The van der Waals surface area contributed by atoms with Crippen LogP contribution in [0.2, 0.25) is 0 Å². The third kappa shape index (κ3) is 4.51. The van der Waals surface area contributed by atoms with Crippen molar-refractivity contribution in [1.82, 2.24) is 5.32 Å². The molecule has 0 aromatic carbocycles. The van der Waals surface area contributed by atoms with Gasteiger partial charge in [-0.05, 0) is 0 Å². The third-order valence-corrected chi connectivity index (χ3v) is 7.56. The summed E-state index contributed by atoms with van der Waals surface area (Å²) < 4.78 is 16.7. The fourth-order valence-electron chi connectivity index (χ4n) is 1.65. The van der Waals surface area contributed by atoms with Crippen LogP contribution in [0.1, 0.15) is 33.1 Å². The van der Waals surface area contributed by atoms with E-state index >= 15 is 0 Å². The molecule has 0 rings (SSSR count). The van der Waals surface area contributed by atoms with E-state index in [1.165, 1.54) is 12.8 Å². The fourth-order valence-corrected chi connectivity index (χ4v) is 5.16. The van der Waals surface area contributed by atoms with Gasteiger partial charge in [0.05, 0.1) is 0 Å². The molecule has 0 aliphatic rings. The summed E-state index contributed by atoms with van der Waals surface area (Å²) >= 11 is -3.05. The average Bonchev–Trinajstić information content (AvgIpc) is 2.29. The van der Waals surface area contributed by atoms with Crippen LogP contribution in [-0.2, 0) is 27.7 Å². The Morgan fingerprint density at radius 2 is 1.60 bits per heavy atom. The molecule has 92 valence electrons. The van der Waals surface area contributed by atoms with Crippen LogP contribution in [-0.4, -0.2) is 32.2 Å². The van der Waals surface area contributed by atoms with Gasteiger partial charge in [-0.15, -0.1) is 0 Å². The van der Waals surface area contributed by atoms with Gasteiger partial charge in [0.1, 0.15) is 0 Å². The van der Waals surface area contributed by atoms with Crippen molar-refractivity contribution in [3.63, 3.8) is 0 Å². The first kappa shape index (κ1) is 15.6. The van der Waals surface area contributed by atoms with E-state index in [9.17, 15) is 0 Å². The summed E-state index contributed by atoms with van der Waals surface area (Å²) in [7, 11) is 5.03. The predicted octanol–water partition coefficient (Wildman–Crippen LogP) is 1.95. The quantitative estimate of drug-likeness (QED) is 0.505. The molecular formula is C10H25NO3Ti. The van der Waals surface area contributed by atoms with Gasteiger partial charge in [0.15, 0.2) is 0 Å². The summed E-state index contributed by atoms with van der Waals surface area (Å²) in [4.78, 5) is 0. The van der Waals surface area contributed by atoms with Gasteiger partial charge >= 0.3 is 98.4 Å². The molecule has 0 aliphatic heterocycles. The van der Waals surface area contributed by atoms with Crippen LogP contribution in [0.25, 0.3) is 0 Å². The maximum absolute atomic E-state index is 5.50. The van der Waals surface area contributed by atoms with E-state index in [0.717, 1.165) is 13.0 Å². The van der Waals surface area contributed by atoms with Crippen molar-refractivity contribution in [3.8, 4) is 0 Å². The number of rotatable bonds is 9. The summed E-state index contributed by atoms with van der Waals surface area (Å²) in [6.45, 7) is 5.30. The van der Waals surface area contributed by atoms with E-state index < -0.39 is 17.8 Å². The van der Waals surface area contributed by atoms with Crippen molar-refractivity contribution in [2.45, 2.75) is 37.5 Å². The van der Waals surface area contributed by atoms with Gasteiger partial charge in [0, 0.05) is 0 Å². The standard InChI is InChI=1S/C7H16N.3CH3O.Ti/c1-3-5-7-8-6-4-2;3*1-2;/h6,8H,3-5,7H2,1-2H3;3*1H3;/q;3*-1;+3. The van der Waals surface area contributed by atoms with Crippen LogP contribution in [0.5, 0.6) is 0 Å². The Morgan fingerprint density at radius 1 is 1.07 bits per heavy atom. The normalized spacial score (nSPS) is 14.2. The molecule has 15 heavy (non-hydrogen) atoms.